The minimum absolute atomic E-state index is 0.0809. The first-order chi connectivity index (χ1) is 12.4. The van der Waals surface area contributed by atoms with Gasteiger partial charge in [-0.25, -0.2) is 0 Å². The molecule has 3 fully saturated rings. The first-order valence-electron chi connectivity index (χ1n) is 9.70. The number of carbonyl (C=O) groups excluding carboxylic acids is 3. The van der Waals surface area contributed by atoms with E-state index in [4.69, 9.17) is 14.2 Å². The minimum Gasteiger partial charge on any atom is -0.460 e. The molecule has 3 aliphatic rings. The Labute approximate surface area is 160 Å². The molecule has 0 aromatic heterocycles. The third-order valence-corrected chi connectivity index (χ3v) is 6.51. The van der Waals surface area contributed by atoms with E-state index in [2.05, 4.69) is 5.32 Å². The first kappa shape index (κ1) is 20.1. The summed E-state index contributed by atoms with van der Waals surface area (Å²) in [4.78, 5) is 38.0. The van der Waals surface area contributed by atoms with Crippen LogP contribution < -0.4 is 5.32 Å². The zero-order chi connectivity index (χ0) is 20.3. The second-order valence-electron chi connectivity index (χ2n) is 9.65. The lowest BCUT2D eigenvalue weighted by Crippen LogP contribution is -2.49. The zero-order valence-corrected chi connectivity index (χ0v) is 17.2. The van der Waals surface area contributed by atoms with Gasteiger partial charge in [-0.3, -0.25) is 14.4 Å². The summed E-state index contributed by atoms with van der Waals surface area (Å²) in [6.45, 7) is 10.9. The molecule has 1 aliphatic heterocycles. The molecule has 0 aromatic carbocycles. The second-order valence-corrected chi connectivity index (χ2v) is 9.65. The lowest BCUT2D eigenvalue weighted by atomic mass is 9.78. The van der Waals surface area contributed by atoms with Crippen LogP contribution in [0.5, 0.6) is 0 Å². The summed E-state index contributed by atoms with van der Waals surface area (Å²) in [5.41, 5.74) is -1.39. The molecule has 7 nitrogen and oxygen atoms in total. The van der Waals surface area contributed by atoms with Gasteiger partial charge in [0.1, 0.15) is 17.8 Å². The van der Waals surface area contributed by atoms with Crippen molar-refractivity contribution in [3.05, 3.63) is 0 Å². The average molecular weight is 381 g/mol. The van der Waals surface area contributed by atoms with Crippen molar-refractivity contribution >= 4 is 17.9 Å². The molecule has 1 saturated heterocycles. The SMILES string of the molecule is CNC(C)C(C)(C)C(=O)OC1C2CC3C1OC(=O)C3C2C(=O)OC(C)(C)C. The van der Waals surface area contributed by atoms with Crippen LogP contribution in [0.25, 0.3) is 0 Å². The van der Waals surface area contributed by atoms with Crippen molar-refractivity contribution < 1.29 is 28.6 Å². The van der Waals surface area contributed by atoms with Gasteiger partial charge < -0.3 is 19.5 Å². The summed E-state index contributed by atoms with van der Waals surface area (Å²) in [5.74, 6) is -2.54. The Morgan fingerprint density at radius 3 is 2.37 bits per heavy atom. The van der Waals surface area contributed by atoms with E-state index in [-0.39, 0.29) is 29.8 Å². The third kappa shape index (κ3) is 3.24. The van der Waals surface area contributed by atoms with Crippen molar-refractivity contribution in [2.24, 2.45) is 29.1 Å². The van der Waals surface area contributed by atoms with Crippen LogP contribution in [0.3, 0.4) is 0 Å². The average Bonchev–Trinajstić information content (AvgIpc) is 3.15. The molecule has 0 aromatic rings. The van der Waals surface area contributed by atoms with Crippen LogP contribution in [0.4, 0.5) is 0 Å². The number of nitrogens with one attached hydrogen (secondary N) is 1. The predicted molar refractivity (Wildman–Crippen MR) is 96.5 cm³/mol. The number of ether oxygens (including phenoxy) is 3. The van der Waals surface area contributed by atoms with Gasteiger partial charge in [-0.15, -0.1) is 0 Å². The number of hydrogen-bond donors (Lipinski definition) is 1. The Morgan fingerprint density at radius 1 is 1.19 bits per heavy atom. The Morgan fingerprint density at radius 2 is 1.81 bits per heavy atom. The highest BCUT2D eigenvalue weighted by molar-refractivity contribution is 5.86. The third-order valence-electron chi connectivity index (χ3n) is 6.51. The van der Waals surface area contributed by atoms with Gasteiger partial charge in [-0.1, -0.05) is 0 Å². The summed E-state index contributed by atoms with van der Waals surface area (Å²) < 4.78 is 16.9. The fourth-order valence-electron chi connectivity index (χ4n) is 4.65. The van der Waals surface area contributed by atoms with Crippen molar-refractivity contribution in [1.29, 1.82) is 0 Å². The molecule has 7 unspecified atom stereocenters. The number of carbonyl (C=O) groups is 3. The fourth-order valence-corrected chi connectivity index (χ4v) is 4.65. The van der Waals surface area contributed by atoms with E-state index in [0.29, 0.717) is 6.42 Å². The van der Waals surface area contributed by atoms with E-state index < -0.39 is 41.0 Å². The van der Waals surface area contributed by atoms with Gasteiger partial charge >= 0.3 is 17.9 Å². The molecule has 7 heteroatoms. The molecule has 3 rings (SSSR count). The van der Waals surface area contributed by atoms with Gasteiger partial charge in [-0.2, -0.15) is 0 Å². The van der Waals surface area contributed by atoms with Gasteiger partial charge in [0, 0.05) is 17.9 Å². The first-order valence-corrected chi connectivity index (χ1v) is 9.70. The Bertz CT molecular complexity index is 651. The number of fused-ring (bicyclic) bond motifs is 1. The van der Waals surface area contributed by atoms with Crippen molar-refractivity contribution in [1.82, 2.24) is 5.32 Å². The van der Waals surface area contributed by atoms with Crippen LogP contribution in [0, 0.1) is 29.1 Å². The standard InChI is InChI=1S/C20H31NO6/c1-9(21-7)20(5,6)18(24)26-15-11-8-10-12(16(22)25-14(10)15)13(11)17(23)27-19(2,3)4/h9-15,21H,8H2,1-7H3. The summed E-state index contributed by atoms with van der Waals surface area (Å²) in [5, 5.41) is 3.08. The molecule has 0 spiro atoms. The molecular formula is C20H31NO6. The maximum Gasteiger partial charge on any atom is 0.313 e. The van der Waals surface area contributed by atoms with E-state index in [1.807, 2.05) is 20.8 Å². The molecule has 2 saturated carbocycles. The molecule has 0 amide bonds. The number of hydrogen-bond acceptors (Lipinski definition) is 7. The van der Waals surface area contributed by atoms with Gasteiger partial charge in [0.25, 0.3) is 0 Å². The van der Waals surface area contributed by atoms with Crippen LogP contribution >= 0.6 is 0 Å². The van der Waals surface area contributed by atoms with Crippen LogP contribution in [-0.2, 0) is 28.6 Å². The quantitative estimate of drug-likeness (QED) is 0.572. The lowest BCUT2D eigenvalue weighted by Gasteiger charge is -2.35. The molecule has 152 valence electrons. The van der Waals surface area contributed by atoms with Crippen LogP contribution in [0.1, 0.15) is 48.0 Å². The molecule has 1 N–H and O–H groups in total. The van der Waals surface area contributed by atoms with Crippen LogP contribution in [0.2, 0.25) is 0 Å². The van der Waals surface area contributed by atoms with E-state index in [9.17, 15) is 14.4 Å². The highest BCUT2D eigenvalue weighted by Gasteiger charge is 2.70. The summed E-state index contributed by atoms with van der Waals surface area (Å²) in [7, 11) is 1.79. The molecule has 27 heavy (non-hydrogen) atoms. The normalized spacial score (nSPS) is 35.7. The van der Waals surface area contributed by atoms with Gasteiger partial charge in [0.2, 0.25) is 0 Å². The van der Waals surface area contributed by atoms with Gasteiger partial charge in [-0.05, 0) is 55.0 Å². The Balaban J connectivity index is 1.81. The summed E-state index contributed by atoms with van der Waals surface area (Å²) >= 11 is 0. The maximum atomic E-state index is 12.8. The lowest BCUT2D eigenvalue weighted by molar-refractivity contribution is -0.177. The second kappa shape index (κ2) is 6.47. The maximum absolute atomic E-state index is 12.8. The molecule has 7 atom stereocenters. The molecule has 2 bridgehead atoms. The summed E-state index contributed by atoms with van der Waals surface area (Å²) in [6.07, 6.45) is -0.396. The van der Waals surface area contributed by atoms with Gasteiger partial charge in [0.05, 0.1) is 17.3 Å². The zero-order valence-electron chi connectivity index (χ0n) is 17.2. The van der Waals surface area contributed by atoms with Crippen LogP contribution in [0.15, 0.2) is 0 Å². The van der Waals surface area contributed by atoms with Crippen molar-refractivity contribution in [3.8, 4) is 0 Å². The minimum atomic E-state index is -0.750. The van der Waals surface area contributed by atoms with Crippen LogP contribution in [-0.4, -0.2) is 48.8 Å². The van der Waals surface area contributed by atoms with E-state index >= 15 is 0 Å². The summed E-state index contributed by atoms with van der Waals surface area (Å²) in [6, 6.07) is -0.0934. The molecule has 0 radical (unpaired) electrons. The highest BCUT2D eigenvalue weighted by atomic mass is 16.6. The molecule has 2 aliphatic carbocycles. The van der Waals surface area contributed by atoms with Crippen molar-refractivity contribution in [2.75, 3.05) is 7.05 Å². The Kier molecular flexibility index (Phi) is 4.82. The topological polar surface area (TPSA) is 90.9 Å². The fraction of sp³-hybridized carbons (Fsp3) is 0.850. The monoisotopic (exact) mass is 381 g/mol. The number of rotatable bonds is 5. The van der Waals surface area contributed by atoms with E-state index in [0.717, 1.165) is 0 Å². The molecular weight excluding hydrogens is 350 g/mol. The number of esters is 3. The highest BCUT2D eigenvalue weighted by Crippen LogP contribution is 2.59. The van der Waals surface area contributed by atoms with E-state index in [1.165, 1.54) is 0 Å². The largest absolute Gasteiger partial charge is 0.460 e. The Hall–Kier alpha value is -1.63. The predicted octanol–water partition coefficient (Wildman–Crippen LogP) is 1.68. The van der Waals surface area contributed by atoms with Crippen molar-refractivity contribution in [3.63, 3.8) is 0 Å². The van der Waals surface area contributed by atoms with Crippen molar-refractivity contribution in [2.45, 2.75) is 71.8 Å². The van der Waals surface area contributed by atoms with Gasteiger partial charge in [0.15, 0.2) is 0 Å². The smallest absolute Gasteiger partial charge is 0.313 e. The molecule has 1 heterocycles. The van der Waals surface area contributed by atoms with E-state index in [1.54, 1.807) is 27.8 Å².